The first-order valence-electron chi connectivity index (χ1n) is 9.86. The van der Waals surface area contributed by atoms with E-state index < -0.39 is 0 Å². The summed E-state index contributed by atoms with van der Waals surface area (Å²) in [5, 5.41) is 9.47. The lowest BCUT2D eigenvalue weighted by Gasteiger charge is -2.21. The molecule has 0 aromatic heterocycles. The summed E-state index contributed by atoms with van der Waals surface area (Å²) < 4.78 is 5.15. The molecule has 0 radical (unpaired) electrons. The van der Waals surface area contributed by atoms with Crippen LogP contribution >= 0.6 is 0 Å². The Kier molecular flexibility index (Phi) is 8.91. The Hall–Kier alpha value is -2.28. The lowest BCUT2D eigenvalue weighted by Crippen LogP contribution is -2.42. The number of hydrogen-bond donors (Lipinski definition) is 3. The number of methoxy groups -OCH3 is 1. The van der Waals surface area contributed by atoms with Crippen LogP contribution in [0.2, 0.25) is 0 Å². The topological polar surface area (TPSA) is 78.0 Å². The van der Waals surface area contributed by atoms with E-state index in [4.69, 9.17) is 9.73 Å². The van der Waals surface area contributed by atoms with Gasteiger partial charge in [0.15, 0.2) is 5.96 Å². The summed E-state index contributed by atoms with van der Waals surface area (Å²) in [5.41, 5.74) is 0.593. The third-order valence-corrected chi connectivity index (χ3v) is 4.74. The zero-order chi connectivity index (χ0) is 19.5. The Bertz CT molecular complexity index is 620. The fraction of sp³-hybridized carbons (Fsp3) is 0.600. The van der Waals surface area contributed by atoms with Crippen molar-refractivity contribution in [1.82, 2.24) is 20.9 Å². The van der Waals surface area contributed by atoms with E-state index in [0.717, 1.165) is 25.6 Å². The maximum Gasteiger partial charge on any atom is 0.251 e. The third-order valence-electron chi connectivity index (χ3n) is 4.74. The number of nitrogens with one attached hydrogen (secondary N) is 3. The Labute approximate surface area is 162 Å². The predicted molar refractivity (Wildman–Crippen MR) is 110 cm³/mol. The number of likely N-dealkylation sites (N-methyl/N-ethyl adjacent to an activating group) is 1. The molecule has 0 aliphatic carbocycles. The molecule has 1 aliphatic rings. The molecular weight excluding hydrogens is 342 g/mol. The van der Waals surface area contributed by atoms with E-state index in [0.29, 0.717) is 30.4 Å². The molecule has 0 spiro atoms. The van der Waals surface area contributed by atoms with Crippen molar-refractivity contribution in [2.45, 2.75) is 32.7 Å². The van der Waals surface area contributed by atoms with Gasteiger partial charge < -0.3 is 20.7 Å². The number of rotatable bonds is 9. The van der Waals surface area contributed by atoms with Crippen LogP contribution in [0.4, 0.5) is 0 Å². The largest absolute Gasteiger partial charge is 0.497 e. The van der Waals surface area contributed by atoms with Gasteiger partial charge >= 0.3 is 0 Å². The SMILES string of the molecule is CCNC(=NCC1CCCN1CC)NCCNC(=O)c1cccc(OC)c1. The highest BCUT2D eigenvalue weighted by atomic mass is 16.5. The van der Waals surface area contributed by atoms with Crippen LogP contribution in [-0.2, 0) is 0 Å². The van der Waals surface area contributed by atoms with Gasteiger partial charge in [-0.3, -0.25) is 14.7 Å². The molecule has 150 valence electrons. The Morgan fingerprint density at radius 3 is 2.81 bits per heavy atom. The number of benzene rings is 1. The second kappa shape index (κ2) is 11.4. The monoisotopic (exact) mass is 375 g/mol. The molecule has 1 amide bonds. The minimum absolute atomic E-state index is 0.109. The highest BCUT2D eigenvalue weighted by Gasteiger charge is 2.22. The number of guanidine groups is 1. The summed E-state index contributed by atoms with van der Waals surface area (Å²) in [4.78, 5) is 19.4. The summed E-state index contributed by atoms with van der Waals surface area (Å²) in [6, 6.07) is 7.68. The van der Waals surface area contributed by atoms with E-state index in [-0.39, 0.29) is 5.91 Å². The van der Waals surface area contributed by atoms with Crippen LogP contribution in [0.5, 0.6) is 5.75 Å². The van der Waals surface area contributed by atoms with Crippen LogP contribution in [0.15, 0.2) is 29.3 Å². The van der Waals surface area contributed by atoms with Gasteiger partial charge in [-0.1, -0.05) is 13.0 Å². The highest BCUT2D eigenvalue weighted by Crippen LogP contribution is 2.16. The molecule has 2 rings (SSSR count). The third kappa shape index (κ3) is 6.75. The van der Waals surface area contributed by atoms with Gasteiger partial charge in [-0.2, -0.15) is 0 Å². The van der Waals surface area contributed by atoms with Crippen LogP contribution in [-0.4, -0.2) is 69.2 Å². The van der Waals surface area contributed by atoms with Crippen molar-refractivity contribution in [3.05, 3.63) is 29.8 Å². The first-order chi connectivity index (χ1) is 13.2. The minimum atomic E-state index is -0.109. The number of hydrogen-bond acceptors (Lipinski definition) is 4. The number of nitrogens with zero attached hydrogens (tertiary/aromatic N) is 2. The van der Waals surface area contributed by atoms with Crippen molar-refractivity contribution in [3.63, 3.8) is 0 Å². The van der Waals surface area contributed by atoms with E-state index in [9.17, 15) is 4.79 Å². The minimum Gasteiger partial charge on any atom is -0.497 e. The number of carbonyl (C=O) groups excluding carboxylic acids is 1. The van der Waals surface area contributed by atoms with E-state index in [1.165, 1.54) is 19.4 Å². The molecule has 1 aromatic carbocycles. The van der Waals surface area contributed by atoms with Gasteiger partial charge in [0, 0.05) is 31.2 Å². The second-order valence-corrected chi connectivity index (χ2v) is 6.56. The van der Waals surface area contributed by atoms with Crippen LogP contribution < -0.4 is 20.7 Å². The molecule has 27 heavy (non-hydrogen) atoms. The lowest BCUT2D eigenvalue weighted by atomic mass is 10.2. The molecule has 1 aromatic rings. The first-order valence-corrected chi connectivity index (χ1v) is 9.86. The molecule has 0 bridgehead atoms. The van der Waals surface area contributed by atoms with Gasteiger partial charge in [0.1, 0.15) is 5.75 Å². The van der Waals surface area contributed by atoms with E-state index in [1.807, 2.05) is 12.1 Å². The molecule has 1 heterocycles. The number of carbonyl (C=O) groups is 1. The molecule has 1 atom stereocenters. The molecular formula is C20H33N5O2. The summed E-state index contributed by atoms with van der Waals surface area (Å²) in [6.45, 7) is 9.27. The van der Waals surface area contributed by atoms with Crippen LogP contribution in [0.3, 0.4) is 0 Å². The number of aliphatic imine (C=N–C) groups is 1. The van der Waals surface area contributed by atoms with Gasteiger partial charge in [-0.15, -0.1) is 0 Å². The van der Waals surface area contributed by atoms with E-state index in [2.05, 4.69) is 34.7 Å². The standard InChI is InChI=1S/C20H33N5O2/c1-4-21-20(24-15-17-9-7-13-25(17)5-2)23-12-11-22-19(26)16-8-6-10-18(14-16)27-3/h6,8,10,14,17H,4-5,7,9,11-13,15H2,1-3H3,(H,22,26)(H2,21,23,24). The van der Waals surface area contributed by atoms with Crippen LogP contribution in [0.25, 0.3) is 0 Å². The highest BCUT2D eigenvalue weighted by molar-refractivity contribution is 5.94. The normalized spacial score (nSPS) is 17.6. The zero-order valence-electron chi connectivity index (χ0n) is 16.8. The Balaban J connectivity index is 1.76. The molecule has 1 fully saturated rings. The van der Waals surface area contributed by atoms with Gasteiger partial charge in [-0.05, 0) is 51.1 Å². The maximum atomic E-state index is 12.2. The average molecular weight is 376 g/mol. The second-order valence-electron chi connectivity index (χ2n) is 6.56. The van der Waals surface area contributed by atoms with Crippen molar-refractivity contribution in [1.29, 1.82) is 0 Å². The molecule has 3 N–H and O–H groups in total. The number of ether oxygens (including phenoxy) is 1. The van der Waals surface area contributed by atoms with E-state index >= 15 is 0 Å². The Morgan fingerprint density at radius 2 is 2.07 bits per heavy atom. The van der Waals surface area contributed by atoms with Crippen molar-refractivity contribution in [3.8, 4) is 5.75 Å². The van der Waals surface area contributed by atoms with Crippen LogP contribution in [0, 0.1) is 0 Å². The fourth-order valence-corrected chi connectivity index (χ4v) is 3.28. The molecule has 7 nitrogen and oxygen atoms in total. The van der Waals surface area contributed by atoms with Gasteiger partial charge in [0.2, 0.25) is 0 Å². The summed E-state index contributed by atoms with van der Waals surface area (Å²) >= 11 is 0. The molecule has 1 unspecified atom stereocenters. The van der Waals surface area contributed by atoms with Crippen molar-refractivity contribution in [2.24, 2.45) is 4.99 Å². The molecule has 7 heteroatoms. The number of likely N-dealkylation sites (tertiary alicyclic amines) is 1. The summed E-state index contributed by atoms with van der Waals surface area (Å²) in [6.07, 6.45) is 2.47. The smallest absolute Gasteiger partial charge is 0.251 e. The van der Waals surface area contributed by atoms with Gasteiger partial charge in [0.25, 0.3) is 5.91 Å². The zero-order valence-corrected chi connectivity index (χ0v) is 16.8. The van der Waals surface area contributed by atoms with Gasteiger partial charge in [0.05, 0.1) is 13.7 Å². The molecule has 1 saturated heterocycles. The predicted octanol–water partition coefficient (Wildman–Crippen LogP) is 1.46. The summed E-state index contributed by atoms with van der Waals surface area (Å²) in [5.74, 6) is 1.37. The van der Waals surface area contributed by atoms with Crippen molar-refractivity contribution in [2.75, 3.05) is 46.4 Å². The van der Waals surface area contributed by atoms with Gasteiger partial charge in [-0.25, -0.2) is 0 Å². The fourth-order valence-electron chi connectivity index (χ4n) is 3.28. The Morgan fingerprint density at radius 1 is 1.26 bits per heavy atom. The van der Waals surface area contributed by atoms with Crippen molar-refractivity contribution >= 4 is 11.9 Å². The number of amides is 1. The molecule has 0 saturated carbocycles. The summed E-state index contributed by atoms with van der Waals surface area (Å²) in [7, 11) is 1.59. The average Bonchev–Trinajstić information content (AvgIpc) is 3.16. The lowest BCUT2D eigenvalue weighted by molar-refractivity contribution is 0.0954. The maximum absolute atomic E-state index is 12.2. The van der Waals surface area contributed by atoms with E-state index in [1.54, 1.807) is 19.2 Å². The van der Waals surface area contributed by atoms with Crippen LogP contribution in [0.1, 0.15) is 37.0 Å². The van der Waals surface area contributed by atoms with Crippen molar-refractivity contribution < 1.29 is 9.53 Å². The quantitative estimate of drug-likeness (QED) is 0.346. The first kappa shape index (κ1) is 21.0. The molecule has 1 aliphatic heterocycles.